The van der Waals surface area contributed by atoms with Gasteiger partial charge in [-0.1, -0.05) is 6.07 Å². The summed E-state index contributed by atoms with van der Waals surface area (Å²) >= 11 is 0. The van der Waals surface area contributed by atoms with Crippen molar-refractivity contribution in [1.29, 1.82) is 0 Å². The van der Waals surface area contributed by atoms with Gasteiger partial charge in [-0.3, -0.25) is 14.4 Å². The summed E-state index contributed by atoms with van der Waals surface area (Å²) in [4.78, 5) is 37.9. The Bertz CT molecular complexity index is 716. The van der Waals surface area contributed by atoms with Crippen molar-refractivity contribution in [3.63, 3.8) is 0 Å². The summed E-state index contributed by atoms with van der Waals surface area (Å²) in [5.41, 5.74) is 0.0324. The molecule has 0 radical (unpaired) electrons. The van der Waals surface area contributed by atoms with Crippen LogP contribution in [-0.4, -0.2) is 40.4 Å². The molecule has 6 nitrogen and oxygen atoms in total. The van der Waals surface area contributed by atoms with Gasteiger partial charge < -0.3 is 14.8 Å². The number of carbonyl (C=O) groups excluding carboxylic acids is 2. The minimum Gasteiger partial charge on any atom is -0.353 e. The van der Waals surface area contributed by atoms with Crippen LogP contribution in [0.1, 0.15) is 32.1 Å². The van der Waals surface area contributed by atoms with E-state index in [4.69, 9.17) is 0 Å². The first-order chi connectivity index (χ1) is 11.5. The molecule has 3 fully saturated rings. The van der Waals surface area contributed by atoms with Crippen molar-refractivity contribution in [2.75, 3.05) is 13.1 Å². The Balaban J connectivity index is 1.29. The molecular weight excluding hydrogens is 306 g/mol. The lowest BCUT2D eigenvalue weighted by Crippen LogP contribution is -2.52. The molecule has 6 heteroatoms. The second kappa shape index (κ2) is 5.76. The van der Waals surface area contributed by atoms with Gasteiger partial charge in [0.2, 0.25) is 11.8 Å². The minimum atomic E-state index is -0.147. The lowest BCUT2D eigenvalue weighted by atomic mass is 9.65. The Labute approximate surface area is 140 Å². The monoisotopic (exact) mass is 329 g/mol. The topological polar surface area (TPSA) is 71.4 Å². The number of carbonyl (C=O) groups is 2. The molecule has 1 aliphatic heterocycles. The van der Waals surface area contributed by atoms with E-state index in [0.717, 1.165) is 45.2 Å². The van der Waals surface area contributed by atoms with Crippen LogP contribution in [0.25, 0.3) is 0 Å². The van der Waals surface area contributed by atoms with Crippen molar-refractivity contribution in [2.45, 2.75) is 44.7 Å². The normalized spacial score (nSPS) is 28.7. The van der Waals surface area contributed by atoms with E-state index in [9.17, 15) is 14.4 Å². The van der Waals surface area contributed by atoms with E-state index in [1.165, 1.54) is 10.6 Å². The Morgan fingerprint density at radius 3 is 2.75 bits per heavy atom. The Morgan fingerprint density at radius 1 is 1.25 bits per heavy atom. The van der Waals surface area contributed by atoms with E-state index < -0.39 is 0 Å². The van der Waals surface area contributed by atoms with E-state index in [1.807, 2.05) is 4.90 Å². The van der Waals surface area contributed by atoms with Crippen LogP contribution in [0.4, 0.5) is 0 Å². The molecule has 1 aromatic heterocycles. The van der Waals surface area contributed by atoms with Gasteiger partial charge in [-0.2, -0.15) is 0 Å². The van der Waals surface area contributed by atoms with Crippen molar-refractivity contribution in [3.8, 4) is 0 Å². The van der Waals surface area contributed by atoms with Gasteiger partial charge in [0, 0.05) is 37.3 Å². The molecule has 4 rings (SSSR count). The Hall–Kier alpha value is -2.11. The molecule has 2 heterocycles. The summed E-state index contributed by atoms with van der Waals surface area (Å²) in [7, 11) is 0. The van der Waals surface area contributed by atoms with Gasteiger partial charge in [0.15, 0.2) is 0 Å². The zero-order valence-electron chi connectivity index (χ0n) is 13.7. The van der Waals surface area contributed by atoms with Crippen LogP contribution in [0.15, 0.2) is 29.2 Å². The summed E-state index contributed by atoms with van der Waals surface area (Å²) < 4.78 is 1.45. The van der Waals surface area contributed by atoms with Gasteiger partial charge in [0.05, 0.1) is 0 Å². The molecular formula is C18H23N3O3. The molecule has 1 spiro atoms. The number of nitrogens with zero attached hydrogens (tertiary/aromatic N) is 2. The lowest BCUT2D eigenvalue weighted by Gasteiger charge is -2.45. The van der Waals surface area contributed by atoms with Gasteiger partial charge in [-0.15, -0.1) is 0 Å². The number of aromatic nitrogens is 1. The number of hydrogen-bond acceptors (Lipinski definition) is 3. The van der Waals surface area contributed by atoms with Crippen LogP contribution in [0.3, 0.4) is 0 Å². The average Bonchev–Trinajstić information content (AvgIpc) is 3.28. The molecule has 0 aromatic carbocycles. The van der Waals surface area contributed by atoms with Crippen LogP contribution >= 0.6 is 0 Å². The molecule has 2 aliphatic carbocycles. The van der Waals surface area contributed by atoms with Crippen molar-refractivity contribution in [3.05, 3.63) is 34.7 Å². The standard InChI is InChI=1S/C18H23N3O3/c22-15-3-1-2-7-20(15)11-16(23)21-8-6-18(12-21)9-14(10-18)19-17(24)13-4-5-13/h1-3,7,13-14H,4-6,8-12H2,(H,19,24). The largest absolute Gasteiger partial charge is 0.353 e. The molecule has 1 aromatic rings. The average molecular weight is 329 g/mol. The van der Waals surface area contributed by atoms with E-state index in [1.54, 1.807) is 18.3 Å². The number of pyridine rings is 1. The maximum Gasteiger partial charge on any atom is 0.250 e. The van der Waals surface area contributed by atoms with Gasteiger partial charge in [0.1, 0.15) is 6.54 Å². The first kappa shape index (κ1) is 15.4. The highest BCUT2D eigenvalue weighted by atomic mass is 16.2. The highest BCUT2D eigenvalue weighted by molar-refractivity contribution is 5.81. The fraction of sp³-hybridized carbons (Fsp3) is 0.611. The molecule has 128 valence electrons. The maximum atomic E-state index is 12.4. The quantitative estimate of drug-likeness (QED) is 0.886. The number of amides is 2. The summed E-state index contributed by atoms with van der Waals surface area (Å²) in [5.74, 6) is 0.474. The predicted octanol–water partition coefficient (Wildman–Crippen LogP) is 0.756. The molecule has 24 heavy (non-hydrogen) atoms. The zero-order chi connectivity index (χ0) is 16.7. The van der Waals surface area contributed by atoms with E-state index in [2.05, 4.69) is 5.32 Å². The lowest BCUT2D eigenvalue weighted by molar-refractivity contribution is -0.132. The first-order valence-corrected chi connectivity index (χ1v) is 8.78. The molecule has 0 unspecified atom stereocenters. The second-order valence-corrected chi connectivity index (χ2v) is 7.62. The van der Waals surface area contributed by atoms with E-state index in [0.29, 0.717) is 0 Å². The zero-order valence-corrected chi connectivity index (χ0v) is 13.7. The molecule has 1 N–H and O–H groups in total. The number of rotatable bonds is 4. The molecule has 2 amide bonds. The molecule has 1 saturated heterocycles. The second-order valence-electron chi connectivity index (χ2n) is 7.62. The molecule has 3 aliphatic rings. The number of nitrogens with one attached hydrogen (secondary N) is 1. The fourth-order valence-corrected chi connectivity index (χ4v) is 4.07. The summed E-state index contributed by atoms with van der Waals surface area (Å²) in [6.07, 6.45) is 6.66. The van der Waals surface area contributed by atoms with Crippen LogP contribution < -0.4 is 10.9 Å². The Morgan fingerprint density at radius 2 is 2.04 bits per heavy atom. The molecule has 0 bridgehead atoms. The summed E-state index contributed by atoms with van der Waals surface area (Å²) in [5, 5.41) is 3.13. The third-order valence-corrected chi connectivity index (χ3v) is 5.65. The van der Waals surface area contributed by atoms with Gasteiger partial charge in [-0.05, 0) is 43.6 Å². The summed E-state index contributed by atoms with van der Waals surface area (Å²) in [6, 6.07) is 5.19. The van der Waals surface area contributed by atoms with Crippen molar-refractivity contribution < 1.29 is 9.59 Å². The third-order valence-electron chi connectivity index (χ3n) is 5.65. The van der Waals surface area contributed by atoms with Crippen LogP contribution in [0, 0.1) is 11.3 Å². The van der Waals surface area contributed by atoms with E-state index in [-0.39, 0.29) is 41.3 Å². The van der Waals surface area contributed by atoms with Crippen LogP contribution in [0.2, 0.25) is 0 Å². The third kappa shape index (κ3) is 2.97. The SMILES string of the molecule is O=C(NC1CC2(CCN(C(=O)Cn3ccccc3=O)C2)C1)C1CC1. The van der Waals surface area contributed by atoms with Gasteiger partial charge in [0.25, 0.3) is 5.56 Å². The van der Waals surface area contributed by atoms with E-state index >= 15 is 0 Å². The maximum absolute atomic E-state index is 12.4. The van der Waals surface area contributed by atoms with Crippen molar-refractivity contribution in [2.24, 2.45) is 11.3 Å². The smallest absolute Gasteiger partial charge is 0.250 e. The van der Waals surface area contributed by atoms with Crippen LogP contribution in [0.5, 0.6) is 0 Å². The summed E-state index contributed by atoms with van der Waals surface area (Å²) in [6.45, 7) is 1.62. The minimum absolute atomic E-state index is 0.00522. The predicted molar refractivity (Wildman–Crippen MR) is 88.2 cm³/mol. The molecule has 2 saturated carbocycles. The fourth-order valence-electron chi connectivity index (χ4n) is 4.07. The first-order valence-electron chi connectivity index (χ1n) is 8.78. The van der Waals surface area contributed by atoms with Crippen molar-refractivity contribution in [1.82, 2.24) is 14.8 Å². The number of hydrogen-bond donors (Lipinski definition) is 1. The van der Waals surface area contributed by atoms with Crippen molar-refractivity contribution >= 4 is 11.8 Å². The molecule has 0 atom stereocenters. The highest BCUT2D eigenvalue weighted by Gasteiger charge is 2.50. The van der Waals surface area contributed by atoms with Crippen LogP contribution in [-0.2, 0) is 16.1 Å². The number of likely N-dealkylation sites (tertiary alicyclic amines) is 1. The van der Waals surface area contributed by atoms with Gasteiger partial charge in [-0.25, -0.2) is 0 Å². The van der Waals surface area contributed by atoms with Gasteiger partial charge >= 0.3 is 0 Å². The Kier molecular flexibility index (Phi) is 3.70. The highest BCUT2D eigenvalue weighted by Crippen LogP contribution is 2.48.